The predicted molar refractivity (Wildman–Crippen MR) is 262 cm³/mol. The molecule has 2 aliphatic heterocycles. The number of aromatic amines is 2. The fraction of sp³-hybridized carbons (Fsp3) is 0.358. The molecule has 0 unspecified atom stereocenters. The molecule has 4 N–H and O–H groups in total. The van der Waals surface area contributed by atoms with Gasteiger partial charge in [-0.1, -0.05) is 71.5 Å². The molecular formula is C53H63ClN8O3. The number of aryl methyl sites for hydroxylation is 6. The quantitative estimate of drug-likeness (QED) is 0.117. The van der Waals surface area contributed by atoms with Crippen molar-refractivity contribution in [2.75, 3.05) is 26.2 Å². The number of hydrogen-bond donors (Lipinski definition) is 4. The predicted octanol–water partition coefficient (Wildman–Crippen LogP) is 11.4. The molecule has 2 saturated heterocycles. The van der Waals surface area contributed by atoms with Crippen molar-refractivity contribution in [2.45, 2.75) is 100 Å². The van der Waals surface area contributed by atoms with E-state index in [1.807, 2.05) is 100 Å². The van der Waals surface area contributed by atoms with Gasteiger partial charge < -0.3 is 25.3 Å². The van der Waals surface area contributed by atoms with E-state index < -0.39 is 5.97 Å². The molecule has 0 saturated carbocycles. The third kappa shape index (κ3) is 11.6. The second kappa shape index (κ2) is 21.9. The van der Waals surface area contributed by atoms with E-state index in [-0.39, 0.29) is 25.7 Å². The zero-order valence-electron chi connectivity index (χ0n) is 38.5. The Morgan fingerprint density at radius 2 is 1.05 bits per heavy atom. The fourth-order valence-corrected chi connectivity index (χ4v) is 7.92. The Morgan fingerprint density at radius 1 is 0.646 bits per heavy atom. The van der Waals surface area contributed by atoms with Gasteiger partial charge >= 0.3 is 5.97 Å². The topological polar surface area (TPSA) is 175 Å². The standard InChI is InChI=1S/C26H28N4O.C16H20N2O2.C10H10N2.CH4.ClH/c1-15(2)25-28-18(5)24(29-25)22-11-23(17(4)10-16(22)3)26(31)30-13-21(14-30)20-8-6-19(12-27)7-9-20;1-8(2)15-17-11(5)14(18-15)12-7-13(16(19)20)10(4)6-9(12)3;11-5-8-1-3-9(4-2-8)10-6-12-7-10;;/h6-11,15,21H,13-14H2,1-5H3,(H,28,29);6-8H,1-5H3,(H,17,18)(H,19,20);1-4,10,12H,6-7H2;1H4;1H. The first kappa shape index (κ1) is 51.1. The number of aromatic nitrogens is 4. The summed E-state index contributed by atoms with van der Waals surface area (Å²) >= 11 is 0. The summed E-state index contributed by atoms with van der Waals surface area (Å²) in [6.45, 7) is 23.8. The number of carbonyl (C=O) groups excluding carboxylic acids is 1. The number of nitrogens with one attached hydrogen (secondary N) is 3. The van der Waals surface area contributed by atoms with Crippen LogP contribution in [0, 0.1) is 64.2 Å². The lowest BCUT2D eigenvalue weighted by Gasteiger charge is -2.40. The van der Waals surface area contributed by atoms with E-state index in [9.17, 15) is 14.7 Å². The Bertz CT molecular complexity index is 2710. The number of imidazole rings is 2. The smallest absolute Gasteiger partial charge is 0.335 e. The van der Waals surface area contributed by atoms with Crippen molar-refractivity contribution in [1.29, 1.82) is 10.5 Å². The second-order valence-electron chi connectivity index (χ2n) is 17.5. The van der Waals surface area contributed by atoms with E-state index in [0.29, 0.717) is 47.9 Å². The molecule has 6 aromatic rings. The maximum atomic E-state index is 13.3. The third-order valence-electron chi connectivity index (χ3n) is 12.0. The van der Waals surface area contributed by atoms with Gasteiger partial charge in [0.25, 0.3) is 5.91 Å². The highest BCUT2D eigenvalue weighted by atomic mass is 35.5. The molecule has 65 heavy (non-hydrogen) atoms. The van der Waals surface area contributed by atoms with E-state index in [1.165, 1.54) is 11.1 Å². The summed E-state index contributed by atoms with van der Waals surface area (Å²) in [4.78, 5) is 42.6. The van der Waals surface area contributed by atoms with Crippen molar-refractivity contribution in [2.24, 2.45) is 0 Å². The number of halogens is 1. The molecule has 12 heteroatoms. The first-order chi connectivity index (χ1) is 30.0. The fourth-order valence-electron chi connectivity index (χ4n) is 7.92. The molecule has 0 radical (unpaired) electrons. The van der Waals surface area contributed by atoms with Crippen LogP contribution in [0.1, 0.15) is 147 Å². The first-order valence-corrected chi connectivity index (χ1v) is 21.6. The molecule has 11 nitrogen and oxygen atoms in total. The molecule has 2 aliphatic rings. The van der Waals surface area contributed by atoms with Gasteiger partial charge in [-0.3, -0.25) is 4.79 Å². The molecular weight excluding hydrogens is 832 g/mol. The summed E-state index contributed by atoms with van der Waals surface area (Å²) in [5.74, 6) is 2.68. The number of aromatic carboxylic acids is 1. The molecule has 8 rings (SSSR count). The van der Waals surface area contributed by atoms with Crippen LogP contribution in [0.15, 0.2) is 72.8 Å². The number of likely N-dealkylation sites (tertiary alicyclic amines) is 1. The minimum Gasteiger partial charge on any atom is -0.478 e. The maximum absolute atomic E-state index is 13.3. The molecule has 1 amide bonds. The van der Waals surface area contributed by atoms with Crippen molar-refractivity contribution in [3.8, 4) is 34.7 Å². The highest BCUT2D eigenvalue weighted by Crippen LogP contribution is 2.34. The third-order valence-corrected chi connectivity index (χ3v) is 12.0. The Labute approximate surface area is 390 Å². The number of carboxylic acids is 1. The number of benzene rings is 4. The monoisotopic (exact) mass is 894 g/mol. The van der Waals surface area contributed by atoms with E-state index in [4.69, 9.17) is 15.5 Å². The number of H-pyrrole nitrogens is 2. The van der Waals surface area contributed by atoms with Crippen molar-refractivity contribution in [3.05, 3.63) is 151 Å². The lowest BCUT2D eigenvalue weighted by atomic mass is 9.89. The summed E-state index contributed by atoms with van der Waals surface area (Å²) in [6.07, 6.45) is 0. The number of nitriles is 2. The number of hydrogen-bond acceptors (Lipinski definition) is 7. The van der Waals surface area contributed by atoms with E-state index in [2.05, 4.69) is 73.1 Å². The van der Waals surface area contributed by atoms with Gasteiger partial charge in [0.1, 0.15) is 11.6 Å². The maximum Gasteiger partial charge on any atom is 0.335 e. The van der Waals surface area contributed by atoms with Gasteiger partial charge in [0.2, 0.25) is 0 Å². The largest absolute Gasteiger partial charge is 0.478 e. The minimum atomic E-state index is -0.902. The average molecular weight is 896 g/mol. The average Bonchev–Trinajstić information content (AvgIpc) is 3.80. The Morgan fingerprint density at radius 3 is 1.40 bits per heavy atom. The van der Waals surface area contributed by atoms with Crippen LogP contribution >= 0.6 is 12.4 Å². The second-order valence-corrected chi connectivity index (χ2v) is 17.5. The van der Waals surface area contributed by atoms with Gasteiger partial charge in [-0.25, -0.2) is 14.8 Å². The van der Waals surface area contributed by atoms with E-state index in [1.54, 1.807) is 6.07 Å². The van der Waals surface area contributed by atoms with Gasteiger partial charge in [0.15, 0.2) is 0 Å². The lowest BCUT2D eigenvalue weighted by molar-refractivity contribution is 0.0601. The molecule has 0 bridgehead atoms. The molecule has 4 heterocycles. The first-order valence-electron chi connectivity index (χ1n) is 21.6. The summed E-state index contributed by atoms with van der Waals surface area (Å²) < 4.78 is 0. The van der Waals surface area contributed by atoms with Crippen LogP contribution in [0.4, 0.5) is 0 Å². The molecule has 4 aromatic carbocycles. The van der Waals surface area contributed by atoms with Crippen LogP contribution in [0.25, 0.3) is 22.5 Å². The molecule has 0 atom stereocenters. The van der Waals surface area contributed by atoms with Gasteiger partial charge in [-0.15, -0.1) is 12.4 Å². The van der Waals surface area contributed by atoms with Crippen LogP contribution in [0.3, 0.4) is 0 Å². The molecule has 340 valence electrons. The summed E-state index contributed by atoms with van der Waals surface area (Å²) in [5, 5.41) is 30.0. The van der Waals surface area contributed by atoms with Crippen molar-refractivity contribution in [3.63, 3.8) is 0 Å². The van der Waals surface area contributed by atoms with Gasteiger partial charge in [-0.05, 0) is 111 Å². The Hall–Kier alpha value is -6.53. The lowest BCUT2D eigenvalue weighted by Crippen LogP contribution is -2.48. The number of nitrogens with zero attached hydrogens (tertiary/aromatic N) is 5. The number of rotatable bonds is 8. The molecule has 0 aliphatic carbocycles. The van der Waals surface area contributed by atoms with Crippen molar-refractivity contribution < 1.29 is 14.7 Å². The molecule has 0 spiro atoms. The van der Waals surface area contributed by atoms with E-state index >= 15 is 0 Å². The SMILES string of the molecule is C.Cc1cc(C)c(-c2nc(C(C)C)[nH]c2C)cc1C(=O)N1CC(c2ccc(C#N)cc2)C1.Cc1cc(C)c(-c2nc(C(C)C)[nH]c2C)cc1C(=O)O.Cl.N#Cc1ccc(C2CNC2)cc1. The van der Waals surface area contributed by atoms with Gasteiger partial charge in [0, 0.05) is 77.9 Å². The highest BCUT2D eigenvalue weighted by molar-refractivity contribution is 5.98. The summed E-state index contributed by atoms with van der Waals surface area (Å²) in [7, 11) is 0. The number of carbonyl (C=O) groups is 2. The zero-order valence-corrected chi connectivity index (χ0v) is 39.3. The Balaban J connectivity index is 0.000000233. The highest BCUT2D eigenvalue weighted by Gasteiger charge is 2.33. The zero-order chi connectivity index (χ0) is 45.7. The summed E-state index contributed by atoms with van der Waals surface area (Å²) in [6, 6.07) is 27.5. The van der Waals surface area contributed by atoms with Crippen LogP contribution in [-0.4, -0.2) is 68.0 Å². The van der Waals surface area contributed by atoms with Crippen LogP contribution in [0.2, 0.25) is 0 Å². The van der Waals surface area contributed by atoms with Gasteiger partial charge in [-0.2, -0.15) is 10.5 Å². The van der Waals surface area contributed by atoms with Gasteiger partial charge in [0.05, 0.1) is 40.2 Å². The number of amides is 1. The molecule has 2 fully saturated rings. The van der Waals surface area contributed by atoms with E-state index in [0.717, 1.165) is 92.0 Å². The van der Waals surface area contributed by atoms with Crippen LogP contribution in [-0.2, 0) is 0 Å². The van der Waals surface area contributed by atoms with Crippen LogP contribution < -0.4 is 5.32 Å². The number of carboxylic acid groups (broad SMARTS) is 1. The summed E-state index contributed by atoms with van der Waals surface area (Å²) in [5.41, 5.74) is 14.6. The minimum absolute atomic E-state index is 0. The van der Waals surface area contributed by atoms with Crippen LogP contribution in [0.5, 0.6) is 0 Å². The Kier molecular flexibility index (Phi) is 17.2. The van der Waals surface area contributed by atoms with Crippen molar-refractivity contribution >= 4 is 24.3 Å². The normalized spacial score (nSPS) is 13.1. The molecule has 2 aromatic heterocycles. The van der Waals surface area contributed by atoms with Crippen molar-refractivity contribution in [1.82, 2.24) is 30.2 Å².